The Hall–Kier alpha value is -2.26. The van der Waals surface area contributed by atoms with Gasteiger partial charge in [0.1, 0.15) is 10.7 Å². The molecule has 2 amide bonds. The van der Waals surface area contributed by atoms with Crippen molar-refractivity contribution in [2.45, 2.75) is 19.8 Å². The fraction of sp³-hybridized carbons (Fsp3) is 0.474. The van der Waals surface area contributed by atoms with Crippen molar-refractivity contribution in [3.05, 3.63) is 28.6 Å². The summed E-state index contributed by atoms with van der Waals surface area (Å²) in [5, 5.41) is 4.50. The Morgan fingerprint density at radius 3 is 2.68 bits per heavy atom. The van der Waals surface area contributed by atoms with E-state index < -0.39 is 0 Å². The fourth-order valence-electron chi connectivity index (χ4n) is 3.08. The van der Waals surface area contributed by atoms with Crippen molar-refractivity contribution in [3.63, 3.8) is 0 Å². The summed E-state index contributed by atoms with van der Waals surface area (Å²) in [5.41, 5.74) is 0.352. The van der Waals surface area contributed by atoms with E-state index in [0.717, 1.165) is 9.88 Å². The van der Waals surface area contributed by atoms with E-state index in [1.54, 1.807) is 35.6 Å². The van der Waals surface area contributed by atoms with Crippen LogP contribution in [0.4, 0.5) is 0 Å². The van der Waals surface area contributed by atoms with Gasteiger partial charge in [0.05, 0.1) is 23.9 Å². The summed E-state index contributed by atoms with van der Waals surface area (Å²) < 4.78 is 5.05. The number of amides is 2. The van der Waals surface area contributed by atoms with Gasteiger partial charge in [0.2, 0.25) is 5.91 Å². The molecule has 0 radical (unpaired) electrons. The molecular weight excluding hydrogens is 398 g/mol. The second-order valence-corrected chi connectivity index (χ2v) is 8.39. The average molecular weight is 422 g/mol. The number of thiophene rings is 1. The molecule has 0 saturated carbocycles. The standard InChI is InChI=1S/C19H23N3O4S2/c1-3-26-19(25)13-6-8-22(9-7-13)16(23)11-21(2)18(24)14-12-28-17(20-14)15-5-4-10-27-15/h4-5,10,12-13H,3,6-9,11H2,1-2H3. The maximum Gasteiger partial charge on any atom is 0.309 e. The van der Waals surface area contributed by atoms with Crippen molar-refractivity contribution >= 4 is 40.5 Å². The smallest absolute Gasteiger partial charge is 0.309 e. The van der Waals surface area contributed by atoms with Gasteiger partial charge in [-0.15, -0.1) is 22.7 Å². The molecule has 0 atom stereocenters. The zero-order chi connectivity index (χ0) is 20.1. The van der Waals surface area contributed by atoms with E-state index in [2.05, 4.69) is 4.98 Å². The van der Waals surface area contributed by atoms with Crippen LogP contribution in [-0.4, -0.2) is 65.9 Å². The molecule has 1 aliphatic rings. The van der Waals surface area contributed by atoms with Crippen LogP contribution in [0.3, 0.4) is 0 Å². The Kier molecular flexibility index (Phi) is 6.79. The monoisotopic (exact) mass is 421 g/mol. The minimum Gasteiger partial charge on any atom is -0.466 e. The first-order chi connectivity index (χ1) is 13.5. The summed E-state index contributed by atoms with van der Waals surface area (Å²) in [6, 6.07) is 3.91. The van der Waals surface area contributed by atoms with Crippen molar-refractivity contribution in [1.29, 1.82) is 0 Å². The van der Waals surface area contributed by atoms with E-state index in [4.69, 9.17) is 4.74 Å². The molecule has 3 heterocycles. The molecule has 7 nitrogen and oxygen atoms in total. The molecule has 0 bridgehead atoms. The summed E-state index contributed by atoms with van der Waals surface area (Å²) in [6.45, 7) is 3.16. The van der Waals surface area contributed by atoms with Crippen molar-refractivity contribution in [3.8, 4) is 9.88 Å². The minimum absolute atomic E-state index is 0.00519. The lowest BCUT2D eigenvalue weighted by molar-refractivity contribution is -0.151. The number of carbonyl (C=O) groups excluding carboxylic acids is 3. The predicted octanol–water partition coefficient (Wildman–Crippen LogP) is 2.75. The molecule has 3 rings (SSSR count). The second kappa shape index (κ2) is 9.29. The summed E-state index contributed by atoms with van der Waals surface area (Å²) in [5.74, 6) is -0.721. The van der Waals surface area contributed by atoms with E-state index in [9.17, 15) is 14.4 Å². The highest BCUT2D eigenvalue weighted by Gasteiger charge is 2.29. The largest absolute Gasteiger partial charge is 0.466 e. The molecule has 1 aliphatic heterocycles. The zero-order valence-corrected chi connectivity index (χ0v) is 17.6. The number of likely N-dealkylation sites (N-methyl/N-ethyl adjacent to an activating group) is 1. The van der Waals surface area contributed by atoms with Gasteiger partial charge in [-0.3, -0.25) is 14.4 Å². The van der Waals surface area contributed by atoms with Crippen LogP contribution in [-0.2, 0) is 14.3 Å². The number of hydrogen-bond acceptors (Lipinski definition) is 7. The maximum atomic E-state index is 12.6. The highest BCUT2D eigenvalue weighted by Crippen LogP contribution is 2.28. The highest BCUT2D eigenvalue weighted by molar-refractivity contribution is 7.20. The molecule has 0 unspecified atom stereocenters. The van der Waals surface area contributed by atoms with Crippen LogP contribution in [0.1, 0.15) is 30.3 Å². The van der Waals surface area contributed by atoms with Crippen LogP contribution >= 0.6 is 22.7 Å². The number of nitrogens with zero attached hydrogens (tertiary/aromatic N) is 3. The summed E-state index contributed by atoms with van der Waals surface area (Å²) in [6.07, 6.45) is 1.19. The van der Waals surface area contributed by atoms with E-state index in [-0.39, 0.29) is 30.2 Å². The van der Waals surface area contributed by atoms with Crippen LogP contribution < -0.4 is 0 Å². The molecular formula is C19H23N3O4S2. The Bertz CT molecular complexity index is 826. The normalized spacial score (nSPS) is 14.7. The lowest BCUT2D eigenvalue weighted by atomic mass is 9.97. The van der Waals surface area contributed by atoms with Gasteiger partial charge >= 0.3 is 5.97 Å². The van der Waals surface area contributed by atoms with E-state index >= 15 is 0 Å². The van der Waals surface area contributed by atoms with E-state index in [0.29, 0.717) is 38.2 Å². The first-order valence-corrected chi connectivity index (χ1v) is 10.9. The van der Waals surface area contributed by atoms with Crippen LogP contribution in [0.15, 0.2) is 22.9 Å². The summed E-state index contributed by atoms with van der Waals surface area (Å²) in [7, 11) is 1.61. The highest BCUT2D eigenvalue weighted by atomic mass is 32.1. The maximum absolute atomic E-state index is 12.6. The predicted molar refractivity (Wildman–Crippen MR) is 108 cm³/mol. The van der Waals surface area contributed by atoms with E-state index in [1.165, 1.54) is 16.2 Å². The molecule has 1 saturated heterocycles. The molecule has 28 heavy (non-hydrogen) atoms. The van der Waals surface area contributed by atoms with Gasteiger partial charge in [0.15, 0.2) is 0 Å². The molecule has 0 aromatic carbocycles. The number of ether oxygens (including phenoxy) is 1. The Morgan fingerprint density at radius 1 is 1.29 bits per heavy atom. The minimum atomic E-state index is -0.270. The topological polar surface area (TPSA) is 79.8 Å². The van der Waals surface area contributed by atoms with Gasteiger partial charge in [-0.25, -0.2) is 4.98 Å². The Balaban J connectivity index is 1.52. The van der Waals surface area contributed by atoms with Crippen molar-refractivity contribution in [2.75, 3.05) is 33.3 Å². The van der Waals surface area contributed by atoms with Gasteiger partial charge in [-0.05, 0) is 31.2 Å². The molecule has 2 aromatic heterocycles. The number of carbonyl (C=O) groups is 3. The first kappa shape index (κ1) is 20.5. The molecule has 150 valence electrons. The van der Waals surface area contributed by atoms with Crippen LogP contribution in [0.5, 0.6) is 0 Å². The summed E-state index contributed by atoms with van der Waals surface area (Å²) in [4.78, 5) is 45.5. The summed E-state index contributed by atoms with van der Waals surface area (Å²) >= 11 is 2.99. The van der Waals surface area contributed by atoms with Gasteiger partial charge in [0, 0.05) is 25.5 Å². The Labute approximate surface area is 171 Å². The lowest BCUT2D eigenvalue weighted by Crippen LogP contribution is -2.45. The van der Waals surface area contributed by atoms with Crippen molar-refractivity contribution < 1.29 is 19.1 Å². The molecule has 2 aromatic rings. The lowest BCUT2D eigenvalue weighted by Gasteiger charge is -2.32. The number of aromatic nitrogens is 1. The quantitative estimate of drug-likeness (QED) is 0.670. The zero-order valence-electron chi connectivity index (χ0n) is 15.9. The number of rotatable bonds is 6. The second-order valence-electron chi connectivity index (χ2n) is 6.58. The third-order valence-corrected chi connectivity index (χ3v) is 6.52. The van der Waals surface area contributed by atoms with Crippen LogP contribution in [0, 0.1) is 5.92 Å². The van der Waals surface area contributed by atoms with Crippen molar-refractivity contribution in [2.24, 2.45) is 5.92 Å². The number of esters is 1. The van der Waals surface area contributed by atoms with Gasteiger partial charge in [-0.1, -0.05) is 6.07 Å². The third-order valence-electron chi connectivity index (χ3n) is 4.64. The molecule has 9 heteroatoms. The number of piperidine rings is 1. The van der Waals surface area contributed by atoms with Gasteiger partial charge in [-0.2, -0.15) is 0 Å². The molecule has 0 N–H and O–H groups in total. The Morgan fingerprint density at radius 2 is 2.04 bits per heavy atom. The fourth-order valence-corrected chi connectivity index (χ4v) is 4.69. The third kappa shape index (κ3) is 4.77. The molecule has 0 spiro atoms. The van der Waals surface area contributed by atoms with Crippen LogP contribution in [0.25, 0.3) is 9.88 Å². The number of hydrogen-bond donors (Lipinski definition) is 0. The van der Waals surface area contributed by atoms with Gasteiger partial charge in [0.25, 0.3) is 5.91 Å². The molecule has 0 aliphatic carbocycles. The van der Waals surface area contributed by atoms with E-state index in [1.807, 2.05) is 17.5 Å². The number of likely N-dealkylation sites (tertiary alicyclic amines) is 1. The average Bonchev–Trinajstić information content (AvgIpc) is 3.39. The SMILES string of the molecule is CCOC(=O)C1CCN(C(=O)CN(C)C(=O)c2csc(-c3cccs3)n2)CC1. The van der Waals surface area contributed by atoms with Crippen LogP contribution in [0.2, 0.25) is 0 Å². The van der Waals surface area contributed by atoms with Gasteiger partial charge < -0.3 is 14.5 Å². The molecule has 1 fully saturated rings. The van der Waals surface area contributed by atoms with Crippen molar-refractivity contribution in [1.82, 2.24) is 14.8 Å². The number of thiazole rings is 1. The first-order valence-electron chi connectivity index (χ1n) is 9.18.